The smallest absolute Gasteiger partial charge is 0.408 e. The number of benzene rings is 1. The Hall–Kier alpha value is -3.11. The van der Waals surface area contributed by atoms with E-state index in [-0.39, 0.29) is 17.2 Å². The standard InChI is InChI=1S/C19H21ClN6O3S/c1-19(2,3)29-18(28)22-9-14-25-15(16(21)30-14)17(27)24-12-8-23-26(10-12)13-6-4-11(20)5-7-13/h4-8,10H,9,21H2,1-3H3,(H,22,28)(H,24,27). The van der Waals surface area contributed by atoms with Gasteiger partial charge in [-0.15, -0.1) is 0 Å². The minimum Gasteiger partial charge on any atom is -0.444 e. The molecule has 9 nitrogen and oxygen atoms in total. The number of anilines is 2. The van der Waals surface area contributed by atoms with Crippen LogP contribution in [-0.2, 0) is 11.3 Å². The van der Waals surface area contributed by atoms with Gasteiger partial charge in [-0.1, -0.05) is 22.9 Å². The Morgan fingerprint density at radius 2 is 1.97 bits per heavy atom. The minimum absolute atomic E-state index is 0.0835. The Morgan fingerprint density at radius 1 is 1.27 bits per heavy atom. The fourth-order valence-electron chi connectivity index (χ4n) is 2.39. The highest BCUT2D eigenvalue weighted by atomic mass is 35.5. The highest BCUT2D eigenvalue weighted by Gasteiger charge is 2.19. The van der Waals surface area contributed by atoms with E-state index in [9.17, 15) is 9.59 Å². The monoisotopic (exact) mass is 448 g/mol. The third-order valence-electron chi connectivity index (χ3n) is 3.63. The maximum atomic E-state index is 12.6. The summed E-state index contributed by atoms with van der Waals surface area (Å²) in [5.74, 6) is -0.470. The van der Waals surface area contributed by atoms with Gasteiger partial charge < -0.3 is 21.1 Å². The fraction of sp³-hybridized carbons (Fsp3) is 0.263. The topological polar surface area (TPSA) is 124 Å². The number of hydrogen-bond acceptors (Lipinski definition) is 7. The highest BCUT2D eigenvalue weighted by molar-refractivity contribution is 7.15. The summed E-state index contributed by atoms with van der Waals surface area (Å²) in [4.78, 5) is 28.5. The average Bonchev–Trinajstić information content (AvgIpc) is 3.26. The lowest BCUT2D eigenvalue weighted by atomic mass is 10.2. The molecule has 0 fully saturated rings. The van der Waals surface area contributed by atoms with Crippen LogP contribution in [0.2, 0.25) is 5.02 Å². The molecule has 0 aliphatic carbocycles. The number of carbonyl (C=O) groups is 2. The van der Waals surface area contributed by atoms with Gasteiger partial charge in [-0.25, -0.2) is 14.5 Å². The number of thiazole rings is 1. The number of amides is 2. The lowest BCUT2D eigenvalue weighted by Crippen LogP contribution is -2.32. The van der Waals surface area contributed by atoms with Crippen LogP contribution in [-0.4, -0.2) is 32.4 Å². The van der Waals surface area contributed by atoms with Crippen molar-refractivity contribution in [2.45, 2.75) is 32.9 Å². The zero-order chi connectivity index (χ0) is 21.9. The third-order valence-corrected chi connectivity index (χ3v) is 4.76. The molecule has 4 N–H and O–H groups in total. The van der Waals surface area contributed by atoms with Crippen LogP contribution >= 0.6 is 22.9 Å². The molecular formula is C19H21ClN6O3S. The molecule has 0 unspecified atom stereocenters. The fourth-order valence-corrected chi connectivity index (χ4v) is 3.29. The largest absolute Gasteiger partial charge is 0.444 e. The van der Waals surface area contributed by atoms with E-state index >= 15 is 0 Å². The van der Waals surface area contributed by atoms with Crippen LogP contribution in [0.4, 0.5) is 15.5 Å². The number of nitrogen functional groups attached to an aromatic ring is 1. The number of halogens is 1. The molecule has 0 saturated heterocycles. The quantitative estimate of drug-likeness (QED) is 0.544. The predicted octanol–water partition coefficient (Wildman–Crippen LogP) is 3.84. The maximum absolute atomic E-state index is 12.6. The molecule has 11 heteroatoms. The molecule has 0 radical (unpaired) electrons. The molecule has 30 heavy (non-hydrogen) atoms. The Kier molecular flexibility index (Phi) is 6.28. The zero-order valence-corrected chi connectivity index (χ0v) is 18.2. The van der Waals surface area contributed by atoms with Crippen molar-refractivity contribution in [1.82, 2.24) is 20.1 Å². The van der Waals surface area contributed by atoms with Gasteiger partial charge >= 0.3 is 6.09 Å². The third kappa shape index (κ3) is 5.71. The summed E-state index contributed by atoms with van der Waals surface area (Å²) < 4.78 is 6.77. The van der Waals surface area contributed by atoms with E-state index in [1.165, 1.54) is 6.20 Å². The van der Waals surface area contributed by atoms with Crippen LogP contribution in [0.25, 0.3) is 5.69 Å². The van der Waals surface area contributed by atoms with Gasteiger partial charge in [0.05, 0.1) is 30.3 Å². The Balaban J connectivity index is 1.62. The second-order valence-corrected chi connectivity index (χ2v) is 8.83. The minimum atomic E-state index is -0.604. The van der Waals surface area contributed by atoms with Gasteiger partial charge in [0.25, 0.3) is 5.91 Å². The molecular weight excluding hydrogens is 428 g/mol. The average molecular weight is 449 g/mol. The number of nitrogens with zero attached hydrogens (tertiary/aromatic N) is 3. The van der Waals surface area contributed by atoms with Gasteiger partial charge in [0, 0.05) is 5.02 Å². The van der Waals surface area contributed by atoms with Crippen LogP contribution in [0.1, 0.15) is 36.3 Å². The molecule has 0 saturated carbocycles. The van der Waals surface area contributed by atoms with Gasteiger partial charge in [0.1, 0.15) is 15.6 Å². The molecule has 3 aromatic rings. The molecule has 158 valence electrons. The molecule has 0 aliphatic heterocycles. The van der Waals surface area contributed by atoms with E-state index < -0.39 is 17.6 Å². The van der Waals surface area contributed by atoms with Crippen LogP contribution in [0.5, 0.6) is 0 Å². The SMILES string of the molecule is CC(C)(C)OC(=O)NCc1nc(C(=O)Nc2cnn(-c3ccc(Cl)cc3)c2)c(N)s1. The normalized spacial score (nSPS) is 11.2. The van der Waals surface area contributed by atoms with E-state index in [0.29, 0.717) is 15.7 Å². The van der Waals surface area contributed by atoms with Crippen molar-refractivity contribution in [3.8, 4) is 5.69 Å². The van der Waals surface area contributed by atoms with Crippen LogP contribution < -0.4 is 16.4 Å². The number of aromatic nitrogens is 3. The number of nitrogens with two attached hydrogens (primary N) is 1. The lowest BCUT2D eigenvalue weighted by Gasteiger charge is -2.19. The molecule has 2 amide bonds. The van der Waals surface area contributed by atoms with Crippen molar-refractivity contribution >= 4 is 45.6 Å². The second-order valence-electron chi connectivity index (χ2n) is 7.28. The van der Waals surface area contributed by atoms with Gasteiger partial charge in [-0.2, -0.15) is 5.10 Å². The number of carbonyl (C=O) groups excluding carboxylic acids is 2. The van der Waals surface area contributed by atoms with Gasteiger partial charge in [-0.3, -0.25) is 4.79 Å². The summed E-state index contributed by atoms with van der Waals surface area (Å²) in [5, 5.41) is 10.9. The predicted molar refractivity (Wildman–Crippen MR) is 116 cm³/mol. The molecule has 1 aromatic carbocycles. The zero-order valence-electron chi connectivity index (χ0n) is 16.6. The first-order valence-electron chi connectivity index (χ1n) is 8.95. The molecule has 3 rings (SSSR count). The van der Waals surface area contributed by atoms with Crippen LogP contribution in [0.15, 0.2) is 36.7 Å². The summed E-state index contributed by atoms with van der Waals surface area (Å²) in [6, 6.07) is 7.12. The molecule has 2 heterocycles. The summed E-state index contributed by atoms with van der Waals surface area (Å²) in [5.41, 5.74) is 6.69. The summed E-state index contributed by atoms with van der Waals surface area (Å²) in [6.45, 7) is 5.41. The van der Waals surface area contributed by atoms with Crippen molar-refractivity contribution in [3.05, 3.63) is 52.4 Å². The summed E-state index contributed by atoms with van der Waals surface area (Å²) >= 11 is 7.01. The molecule has 0 atom stereocenters. The first-order chi connectivity index (χ1) is 14.1. The van der Waals surface area contributed by atoms with Crippen LogP contribution in [0.3, 0.4) is 0 Å². The van der Waals surface area contributed by atoms with E-state index in [1.54, 1.807) is 43.8 Å². The summed E-state index contributed by atoms with van der Waals surface area (Å²) in [7, 11) is 0. The first kappa shape index (κ1) is 21.6. The van der Waals surface area contributed by atoms with E-state index in [0.717, 1.165) is 17.0 Å². The Bertz CT molecular complexity index is 1060. The summed E-state index contributed by atoms with van der Waals surface area (Å²) in [6.07, 6.45) is 2.60. The highest BCUT2D eigenvalue weighted by Crippen LogP contribution is 2.23. The molecule has 0 bridgehead atoms. The number of hydrogen-bond donors (Lipinski definition) is 3. The second kappa shape index (κ2) is 8.72. The number of nitrogens with one attached hydrogen (secondary N) is 2. The molecule has 0 spiro atoms. The van der Waals surface area contributed by atoms with E-state index in [2.05, 4.69) is 20.7 Å². The van der Waals surface area contributed by atoms with Crippen molar-refractivity contribution in [3.63, 3.8) is 0 Å². The van der Waals surface area contributed by atoms with Crippen molar-refractivity contribution in [2.24, 2.45) is 0 Å². The van der Waals surface area contributed by atoms with Crippen LogP contribution in [0, 0.1) is 0 Å². The van der Waals surface area contributed by atoms with Crippen molar-refractivity contribution in [2.75, 3.05) is 11.1 Å². The Morgan fingerprint density at radius 3 is 2.63 bits per heavy atom. The molecule has 2 aromatic heterocycles. The van der Waals surface area contributed by atoms with Gasteiger partial charge in [0.15, 0.2) is 5.69 Å². The maximum Gasteiger partial charge on any atom is 0.408 e. The van der Waals surface area contributed by atoms with E-state index in [1.807, 2.05) is 12.1 Å². The van der Waals surface area contributed by atoms with E-state index in [4.69, 9.17) is 22.1 Å². The van der Waals surface area contributed by atoms with Crippen molar-refractivity contribution in [1.29, 1.82) is 0 Å². The van der Waals surface area contributed by atoms with Gasteiger partial charge in [0.2, 0.25) is 0 Å². The number of rotatable bonds is 5. The van der Waals surface area contributed by atoms with Gasteiger partial charge in [-0.05, 0) is 45.0 Å². The lowest BCUT2D eigenvalue weighted by molar-refractivity contribution is 0.0523. The molecule has 0 aliphatic rings. The van der Waals surface area contributed by atoms with Crippen molar-refractivity contribution < 1.29 is 14.3 Å². The first-order valence-corrected chi connectivity index (χ1v) is 10.1. The Labute approximate surface area is 182 Å². The number of ether oxygens (including phenoxy) is 1. The number of alkyl carbamates (subject to hydrolysis) is 1.